The number of hydrogen-bond donors (Lipinski definition) is 2. The van der Waals surface area contributed by atoms with Gasteiger partial charge in [0, 0.05) is 32.4 Å². The van der Waals surface area contributed by atoms with Gasteiger partial charge in [0.25, 0.3) is 0 Å². The summed E-state index contributed by atoms with van der Waals surface area (Å²) in [6.45, 7) is 6.41. The summed E-state index contributed by atoms with van der Waals surface area (Å²) < 4.78 is 19.6. The zero-order chi connectivity index (χ0) is 19.2. The third kappa shape index (κ3) is 5.05. The summed E-state index contributed by atoms with van der Waals surface area (Å²) in [6, 6.07) is 3.43. The van der Waals surface area contributed by atoms with E-state index < -0.39 is 0 Å². The predicted molar refractivity (Wildman–Crippen MR) is 107 cm³/mol. The number of aliphatic imine (C=N–C) groups is 1. The monoisotopic (exact) mass is 374 g/mol. The molecule has 0 amide bonds. The fourth-order valence-electron chi connectivity index (χ4n) is 3.18. The van der Waals surface area contributed by atoms with Gasteiger partial charge >= 0.3 is 0 Å². The Bertz CT molecular complexity index is 755. The van der Waals surface area contributed by atoms with Crippen molar-refractivity contribution in [3.63, 3.8) is 0 Å². The van der Waals surface area contributed by atoms with Gasteiger partial charge in [0.1, 0.15) is 18.0 Å². The molecule has 0 atom stereocenters. The summed E-state index contributed by atoms with van der Waals surface area (Å²) in [5, 5.41) is 9.10. The summed E-state index contributed by atoms with van der Waals surface area (Å²) in [5.74, 6) is 0.284. The van der Waals surface area contributed by atoms with Crippen LogP contribution in [-0.4, -0.2) is 68.5 Å². The van der Waals surface area contributed by atoms with Crippen molar-refractivity contribution in [2.75, 3.05) is 51.8 Å². The highest BCUT2D eigenvalue weighted by Gasteiger charge is 2.18. The number of allylic oxidation sites excluding steroid dienone is 1. The summed E-state index contributed by atoms with van der Waals surface area (Å²) in [7, 11) is 1.72. The van der Waals surface area contributed by atoms with Crippen LogP contribution in [0.15, 0.2) is 34.0 Å². The number of nitrogens with one attached hydrogen (secondary N) is 1. The first-order chi connectivity index (χ1) is 13.1. The Morgan fingerprint density at radius 1 is 1.37 bits per heavy atom. The van der Waals surface area contributed by atoms with Crippen LogP contribution in [0.1, 0.15) is 11.1 Å². The number of aryl methyl sites for hydroxylation is 1. The molecule has 1 saturated heterocycles. The van der Waals surface area contributed by atoms with Gasteiger partial charge in [-0.05, 0) is 36.6 Å². The Kier molecular flexibility index (Phi) is 6.41. The van der Waals surface area contributed by atoms with Crippen LogP contribution >= 0.6 is 0 Å². The van der Waals surface area contributed by atoms with Gasteiger partial charge in [0.05, 0.1) is 25.4 Å². The average molecular weight is 374 g/mol. The molecular weight excluding hydrogens is 347 g/mol. The van der Waals surface area contributed by atoms with Crippen LogP contribution in [0.2, 0.25) is 0 Å². The standard InChI is InChI=1S/C19H27FN6O/c1-14-9-18(22-2)17(20)10-15(14)3-4-16(11-25-5-7-27-8-6-25)26-12-19(21)23-13-24-26/h4,9-10,13,22H,3,5-8,11-12H2,1-2H3,(H2,21,23,24)/b16-4-. The van der Waals surface area contributed by atoms with Crippen molar-refractivity contribution in [3.05, 3.63) is 40.8 Å². The Hall–Kier alpha value is -2.45. The molecule has 0 radical (unpaired) electrons. The lowest BCUT2D eigenvalue weighted by atomic mass is 10.0. The van der Waals surface area contributed by atoms with Gasteiger partial charge in [-0.25, -0.2) is 9.38 Å². The highest BCUT2D eigenvalue weighted by molar-refractivity contribution is 5.90. The van der Waals surface area contributed by atoms with E-state index in [4.69, 9.17) is 10.5 Å². The second-order valence-electron chi connectivity index (χ2n) is 6.71. The van der Waals surface area contributed by atoms with Crippen molar-refractivity contribution >= 4 is 17.9 Å². The molecule has 27 heavy (non-hydrogen) atoms. The van der Waals surface area contributed by atoms with Crippen LogP contribution in [-0.2, 0) is 11.2 Å². The van der Waals surface area contributed by atoms with E-state index in [0.29, 0.717) is 24.5 Å². The van der Waals surface area contributed by atoms with Gasteiger partial charge in [-0.3, -0.25) is 9.91 Å². The highest BCUT2D eigenvalue weighted by Crippen LogP contribution is 2.21. The van der Waals surface area contributed by atoms with E-state index in [0.717, 1.165) is 49.7 Å². The van der Waals surface area contributed by atoms with E-state index in [1.807, 2.05) is 18.0 Å². The molecule has 0 spiro atoms. The first-order valence-corrected chi connectivity index (χ1v) is 9.15. The summed E-state index contributed by atoms with van der Waals surface area (Å²) in [5.41, 5.74) is 9.42. The summed E-state index contributed by atoms with van der Waals surface area (Å²) >= 11 is 0. The van der Waals surface area contributed by atoms with Crippen molar-refractivity contribution in [2.45, 2.75) is 13.3 Å². The van der Waals surface area contributed by atoms with Crippen molar-refractivity contribution in [1.29, 1.82) is 0 Å². The van der Waals surface area contributed by atoms with Crippen molar-refractivity contribution in [1.82, 2.24) is 9.91 Å². The van der Waals surface area contributed by atoms with Gasteiger partial charge in [-0.15, -0.1) is 0 Å². The minimum Gasteiger partial charge on any atom is -0.386 e. The first-order valence-electron chi connectivity index (χ1n) is 9.15. The van der Waals surface area contributed by atoms with Gasteiger partial charge < -0.3 is 15.8 Å². The molecule has 1 aromatic rings. The quantitative estimate of drug-likeness (QED) is 0.790. The van der Waals surface area contributed by atoms with Crippen LogP contribution in [0.3, 0.4) is 0 Å². The number of hydrogen-bond acceptors (Lipinski definition) is 7. The third-order valence-electron chi connectivity index (χ3n) is 4.80. The molecule has 0 aromatic heterocycles. The number of nitrogens with two attached hydrogens (primary N) is 1. The zero-order valence-electron chi connectivity index (χ0n) is 15.9. The number of hydrazone groups is 1. The van der Waals surface area contributed by atoms with Crippen molar-refractivity contribution < 1.29 is 9.13 Å². The molecule has 0 unspecified atom stereocenters. The molecule has 3 N–H and O–H groups in total. The highest BCUT2D eigenvalue weighted by atomic mass is 19.1. The second-order valence-corrected chi connectivity index (χ2v) is 6.71. The van der Waals surface area contributed by atoms with Gasteiger partial charge in [-0.2, -0.15) is 5.10 Å². The van der Waals surface area contributed by atoms with Crippen LogP contribution in [0, 0.1) is 12.7 Å². The van der Waals surface area contributed by atoms with Gasteiger partial charge in [0.15, 0.2) is 0 Å². The maximum atomic E-state index is 14.2. The number of morpholine rings is 1. The smallest absolute Gasteiger partial charge is 0.146 e. The largest absolute Gasteiger partial charge is 0.386 e. The van der Waals surface area contributed by atoms with Crippen LogP contribution in [0.25, 0.3) is 0 Å². The van der Waals surface area contributed by atoms with E-state index in [-0.39, 0.29) is 5.82 Å². The molecule has 146 valence electrons. The molecule has 0 saturated carbocycles. The molecule has 8 heteroatoms. The fourth-order valence-corrected chi connectivity index (χ4v) is 3.18. The molecule has 2 aliphatic heterocycles. The second kappa shape index (κ2) is 8.96. The first kappa shape index (κ1) is 19.3. The minimum absolute atomic E-state index is 0.242. The molecule has 0 aliphatic carbocycles. The fraction of sp³-hybridized carbons (Fsp3) is 0.474. The Morgan fingerprint density at radius 3 is 2.85 bits per heavy atom. The number of rotatable bonds is 6. The van der Waals surface area contributed by atoms with E-state index >= 15 is 0 Å². The number of amidine groups is 1. The predicted octanol–water partition coefficient (Wildman–Crippen LogP) is 1.55. The number of anilines is 1. The molecule has 3 rings (SSSR count). The van der Waals surface area contributed by atoms with Crippen LogP contribution < -0.4 is 11.1 Å². The number of halogens is 1. The lowest BCUT2D eigenvalue weighted by molar-refractivity contribution is 0.0394. The Morgan fingerprint density at radius 2 is 2.15 bits per heavy atom. The maximum Gasteiger partial charge on any atom is 0.146 e. The SMILES string of the molecule is CNc1cc(C)c(C/C=C(/CN2CCOCC2)N2CC(N)=NC=N2)cc1F. The van der Waals surface area contributed by atoms with E-state index in [2.05, 4.69) is 26.4 Å². The van der Waals surface area contributed by atoms with E-state index in [9.17, 15) is 4.39 Å². The van der Waals surface area contributed by atoms with Gasteiger partial charge in [0.2, 0.25) is 0 Å². The number of benzene rings is 1. The van der Waals surface area contributed by atoms with E-state index in [1.165, 1.54) is 6.34 Å². The normalized spacial score (nSPS) is 18.6. The zero-order valence-corrected chi connectivity index (χ0v) is 15.9. The van der Waals surface area contributed by atoms with Crippen LogP contribution in [0.5, 0.6) is 0 Å². The summed E-state index contributed by atoms with van der Waals surface area (Å²) in [6.07, 6.45) is 4.19. The lowest BCUT2D eigenvalue weighted by Gasteiger charge is -2.31. The molecule has 0 bridgehead atoms. The van der Waals surface area contributed by atoms with E-state index in [1.54, 1.807) is 13.1 Å². The molecule has 7 nitrogen and oxygen atoms in total. The van der Waals surface area contributed by atoms with Crippen molar-refractivity contribution in [3.8, 4) is 0 Å². The molecule has 1 fully saturated rings. The molecule has 2 aliphatic rings. The lowest BCUT2D eigenvalue weighted by Crippen LogP contribution is -2.41. The summed E-state index contributed by atoms with van der Waals surface area (Å²) in [4.78, 5) is 6.34. The van der Waals surface area contributed by atoms with Gasteiger partial charge in [-0.1, -0.05) is 6.08 Å². The molecule has 2 heterocycles. The molecular formula is C19H27FN6O. The van der Waals surface area contributed by atoms with Crippen LogP contribution in [0.4, 0.5) is 10.1 Å². The van der Waals surface area contributed by atoms with Crippen molar-refractivity contribution in [2.24, 2.45) is 15.8 Å². The molecule has 1 aromatic carbocycles. The topological polar surface area (TPSA) is 78.5 Å². The Labute approximate surface area is 159 Å². The number of ether oxygens (including phenoxy) is 1. The number of nitrogens with zero attached hydrogens (tertiary/aromatic N) is 4. The Balaban J connectivity index is 1.80. The average Bonchev–Trinajstić information content (AvgIpc) is 2.68. The maximum absolute atomic E-state index is 14.2. The minimum atomic E-state index is -0.242. The third-order valence-corrected chi connectivity index (χ3v) is 4.80.